The lowest BCUT2D eigenvalue weighted by Gasteiger charge is -2.19. The van der Waals surface area contributed by atoms with E-state index in [9.17, 15) is 0 Å². The second-order valence-corrected chi connectivity index (χ2v) is 14.8. The number of nitrogens with zero attached hydrogens (tertiary/aromatic N) is 1. The van der Waals surface area contributed by atoms with Crippen molar-refractivity contribution in [3.63, 3.8) is 0 Å². The van der Waals surface area contributed by atoms with Crippen LogP contribution in [0.2, 0.25) is 0 Å². The van der Waals surface area contributed by atoms with Gasteiger partial charge in [0, 0.05) is 27.2 Å². The largest absolute Gasteiger partial charge is 0.456 e. The van der Waals surface area contributed by atoms with Crippen LogP contribution in [0.1, 0.15) is 0 Å². The normalized spacial score (nSPS) is 11.9. The molecule has 0 fully saturated rings. The average molecular weight is 712 g/mol. The van der Waals surface area contributed by atoms with E-state index in [0.717, 1.165) is 38.8 Å². The highest BCUT2D eigenvalue weighted by Crippen LogP contribution is 2.49. The van der Waals surface area contributed by atoms with Gasteiger partial charge in [-0.15, -0.1) is 0 Å². The predicted molar refractivity (Wildman–Crippen MR) is 237 cm³/mol. The molecule has 12 aromatic rings. The van der Waals surface area contributed by atoms with E-state index in [1.54, 1.807) is 0 Å². The molecule has 0 N–H and O–H groups in total. The quantitative estimate of drug-likeness (QED) is 0.166. The maximum Gasteiger partial charge on any atom is 0.136 e. The first-order valence-corrected chi connectivity index (χ1v) is 19.3. The minimum atomic E-state index is 0.881. The Morgan fingerprint density at radius 2 is 0.893 bits per heavy atom. The van der Waals surface area contributed by atoms with E-state index in [1.165, 1.54) is 76.4 Å². The summed E-state index contributed by atoms with van der Waals surface area (Å²) in [5, 5.41) is 12.0. The molecule has 0 aliphatic carbocycles. The van der Waals surface area contributed by atoms with Crippen molar-refractivity contribution < 1.29 is 4.42 Å². The van der Waals surface area contributed by atoms with Crippen LogP contribution in [0.3, 0.4) is 0 Å². The zero-order valence-corrected chi connectivity index (χ0v) is 30.4. The number of benzene rings is 10. The first kappa shape index (κ1) is 31.0. The highest BCUT2D eigenvalue weighted by molar-refractivity contribution is 6.26. The van der Waals surface area contributed by atoms with E-state index in [-0.39, 0.29) is 0 Å². The Labute approximate surface area is 323 Å². The summed E-state index contributed by atoms with van der Waals surface area (Å²) in [4.78, 5) is 0. The number of para-hydroxylation sites is 2. The van der Waals surface area contributed by atoms with Gasteiger partial charge in [-0.1, -0.05) is 152 Å². The molecule has 2 heterocycles. The maximum absolute atomic E-state index is 6.93. The average Bonchev–Trinajstić information content (AvgIpc) is 3.79. The van der Waals surface area contributed by atoms with Gasteiger partial charge in [0.25, 0.3) is 0 Å². The summed E-state index contributed by atoms with van der Waals surface area (Å²) in [5.41, 5.74) is 12.4. The summed E-state index contributed by atoms with van der Waals surface area (Å²) < 4.78 is 9.32. The monoisotopic (exact) mass is 711 g/mol. The molecular weight excluding hydrogens is 679 g/mol. The van der Waals surface area contributed by atoms with Gasteiger partial charge in [-0.25, -0.2) is 0 Å². The lowest BCUT2D eigenvalue weighted by Crippen LogP contribution is -1.93. The molecule has 0 saturated carbocycles. The number of hydrogen-bond acceptors (Lipinski definition) is 1. The molecular formula is C54H33NO. The number of furan rings is 1. The van der Waals surface area contributed by atoms with E-state index in [2.05, 4.69) is 205 Å². The van der Waals surface area contributed by atoms with Gasteiger partial charge in [0.05, 0.1) is 11.0 Å². The molecule has 0 spiro atoms. The van der Waals surface area contributed by atoms with Crippen molar-refractivity contribution in [1.29, 1.82) is 0 Å². The van der Waals surface area contributed by atoms with E-state index in [0.29, 0.717) is 0 Å². The molecule has 0 unspecified atom stereocenters. The Bertz CT molecular complexity index is 3460. The topological polar surface area (TPSA) is 18.1 Å². The summed E-state index contributed by atoms with van der Waals surface area (Å²) in [6.45, 7) is 0. The molecule has 0 amide bonds. The van der Waals surface area contributed by atoms with Crippen molar-refractivity contribution in [3.05, 3.63) is 200 Å². The zero-order chi connectivity index (χ0) is 36.7. The predicted octanol–water partition coefficient (Wildman–Crippen LogP) is 15.1. The molecule has 10 aromatic carbocycles. The smallest absolute Gasteiger partial charge is 0.136 e. The third kappa shape index (κ3) is 4.57. The van der Waals surface area contributed by atoms with Gasteiger partial charge >= 0.3 is 0 Å². The second-order valence-electron chi connectivity index (χ2n) is 14.8. The van der Waals surface area contributed by atoms with Crippen LogP contribution >= 0.6 is 0 Å². The van der Waals surface area contributed by atoms with Gasteiger partial charge < -0.3 is 8.98 Å². The first-order chi connectivity index (χ1) is 27.8. The fourth-order valence-corrected chi connectivity index (χ4v) is 9.30. The van der Waals surface area contributed by atoms with Crippen LogP contribution in [0.4, 0.5) is 0 Å². The van der Waals surface area contributed by atoms with Crippen molar-refractivity contribution in [2.24, 2.45) is 0 Å². The van der Waals surface area contributed by atoms with E-state index in [4.69, 9.17) is 4.42 Å². The molecule has 0 saturated heterocycles. The molecule has 260 valence electrons. The molecule has 0 aliphatic rings. The summed E-state index contributed by atoms with van der Waals surface area (Å²) in [5.74, 6) is 0. The van der Waals surface area contributed by atoms with Gasteiger partial charge in [-0.2, -0.15) is 0 Å². The van der Waals surface area contributed by atoms with E-state index < -0.39 is 0 Å². The van der Waals surface area contributed by atoms with Crippen molar-refractivity contribution >= 4 is 76.1 Å². The lowest BCUT2D eigenvalue weighted by atomic mass is 9.84. The Morgan fingerprint density at radius 1 is 0.321 bits per heavy atom. The third-order valence-electron chi connectivity index (χ3n) is 11.7. The molecule has 56 heavy (non-hydrogen) atoms. The molecule has 2 aromatic heterocycles. The van der Waals surface area contributed by atoms with Crippen molar-refractivity contribution in [3.8, 4) is 39.1 Å². The molecule has 0 radical (unpaired) electrons. The minimum absolute atomic E-state index is 0.881. The summed E-state index contributed by atoms with van der Waals surface area (Å²) in [6, 6.07) is 72.7. The summed E-state index contributed by atoms with van der Waals surface area (Å²) in [6.07, 6.45) is 0. The highest BCUT2D eigenvalue weighted by atomic mass is 16.3. The fourth-order valence-electron chi connectivity index (χ4n) is 9.30. The van der Waals surface area contributed by atoms with Crippen LogP contribution in [-0.4, -0.2) is 4.57 Å². The maximum atomic E-state index is 6.93. The molecule has 2 nitrogen and oxygen atoms in total. The van der Waals surface area contributed by atoms with E-state index in [1.807, 2.05) is 0 Å². The molecule has 0 bridgehead atoms. The van der Waals surface area contributed by atoms with Gasteiger partial charge in [0.1, 0.15) is 11.2 Å². The SMILES string of the molecule is c1ccc(-c2c3ccccc3c(-c3cc(-c4ccc5c6ccccc6n(-c6ccccc6)c5c4)cc4oc5cc6ccccc6cc5c34)c3ccccc23)cc1. The highest BCUT2D eigenvalue weighted by Gasteiger charge is 2.22. The number of hydrogen-bond donors (Lipinski definition) is 0. The number of fused-ring (bicyclic) bond motifs is 9. The zero-order valence-electron chi connectivity index (χ0n) is 30.4. The van der Waals surface area contributed by atoms with Crippen LogP contribution in [0.15, 0.2) is 205 Å². The van der Waals surface area contributed by atoms with Crippen LogP contribution in [-0.2, 0) is 0 Å². The minimum Gasteiger partial charge on any atom is -0.456 e. The van der Waals surface area contributed by atoms with Gasteiger partial charge in [0.2, 0.25) is 0 Å². The van der Waals surface area contributed by atoms with Crippen molar-refractivity contribution in [1.82, 2.24) is 4.57 Å². The third-order valence-corrected chi connectivity index (χ3v) is 11.7. The number of aromatic nitrogens is 1. The Hall–Kier alpha value is -7.42. The second kappa shape index (κ2) is 12.0. The fraction of sp³-hybridized carbons (Fsp3) is 0. The van der Waals surface area contributed by atoms with Gasteiger partial charge in [-0.05, 0) is 114 Å². The Balaban J connectivity index is 1.22. The van der Waals surface area contributed by atoms with Crippen molar-refractivity contribution in [2.75, 3.05) is 0 Å². The Kier molecular flexibility index (Phi) is 6.66. The Morgan fingerprint density at radius 3 is 1.61 bits per heavy atom. The summed E-state index contributed by atoms with van der Waals surface area (Å²) >= 11 is 0. The van der Waals surface area contributed by atoms with Crippen molar-refractivity contribution in [2.45, 2.75) is 0 Å². The van der Waals surface area contributed by atoms with Crippen LogP contribution in [0.5, 0.6) is 0 Å². The van der Waals surface area contributed by atoms with Crippen LogP contribution < -0.4 is 0 Å². The van der Waals surface area contributed by atoms with Crippen LogP contribution in [0, 0.1) is 0 Å². The summed E-state index contributed by atoms with van der Waals surface area (Å²) in [7, 11) is 0. The standard InChI is InChI=1S/C54H33NO/c1-3-15-34(16-4-1)52-42-22-9-11-24-44(42)53(45-25-12-10-23-43(45)52)47-30-38(33-51-54(47)46-29-35-17-7-8-18-36(35)32-50(46)56-51)37-27-28-41-40-21-13-14-26-48(40)55(49(41)31-37)39-19-5-2-6-20-39/h1-33H. The first-order valence-electron chi connectivity index (χ1n) is 19.3. The molecule has 0 aliphatic heterocycles. The van der Waals surface area contributed by atoms with Gasteiger partial charge in [-0.3, -0.25) is 0 Å². The van der Waals surface area contributed by atoms with E-state index >= 15 is 0 Å². The molecule has 12 rings (SSSR count). The van der Waals surface area contributed by atoms with Gasteiger partial charge in [0.15, 0.2) is 0 Å². The number of rotatable bonds is 4. The molecule has 0 atom stereocenters. The lowest BCUT2D eigenvalue weighted by molar-refractivity contribution is 0.669. The molecule has 2 heteroatoms. The van der Waals surface area contributed by atoms with Crippen LogP contribution in [0.25, 0.3) is 115 Å².